The van der Waals surface area contributed by atoms with Gasteiger partial charge in [0.05, 0.1) is 4.34 Å². The van der Waals surface area contributed by atoms with Gasteiger partial charge in [-0.3, -0.25) is 4.90 Å². The summed E-state index contributed by atoms with van der Waals surface area (Å²) in [5.74, 6) is 0. The number of thiophene rings is 1. The number of halogens is 2. The first-order valence-corrected chi connectivity index (χ1v) is 7.38. The van der Waals surface area contributed by atoms with Gasteiger partial charge in [-0.05, 0) is 32.0 Å². The van der Waals surface area contributed by atoms with E-state index in [1.807, 2.05) is 6.07 Å². The van der Waals surface area contributed by atoms with Gasteiger partial charge in [-0.1, -0.05) is 24.4 Å². The van der Waals surface area contributed by atoms with E-state index >= 15 is 0 Å². The minimum Gasteiger partial charge on any atom is -0.297 e. The fourth-order valence-corrected chi connectivity index (χ4v) is 3.99. The fourth-order valence-electron chi connectivity index (χ4n) is 2.36. The highest BCUT2D eigenvalue weighted by Crippen LogP contribution is 2.29. The Morgan fingerprint density at radius 2 is 2.12 bits per heavy atom. The van der Waals surface area contributed by atoms with Crippen molar-refractivity contribution in [3.63, 3.8) is 0 Å². The lowest BCUT2D eigenvalue weighted by molar-refractivity contribution is 0.190. The van der Waals surface area contributed by atoms with E-state index in [9.17, 15) is 0 Å². The van der Waals surface area contributed by atoms with Crippen molar-refractivity contribution < 1.29 is 0 Å². The molecule has 0 spiro atoms. The van der Waals surface area contributed by atoms with E-state index in [0.717, 1.165) is 17.3 Å². The van der Waals surface area contributed by atoms with Crippen molar-refractivity contribution in [2.45, 2.75) is 43.6 Å². The van der Waals surface area contributed by atoms with Crippen molar-refractivity contribution in [2.75, 3.05) is 7.05 Å². The number of rotatable bonds is 3. The van der Waals surface area contributed by atoms with Crippen molar-refractivity contribution in [3.8, 4) is 0 Å². The zero-order valence-corrected chi connectivity index (χ0v) is 11.8. The monoisotopic (exact) mass is 277 g/mol. The van der Waals surface area contributed by atoms with Gasteiger partial charge in [0.1, 0.15) is 0 Å². The van der Waals surface area contributed by atoms with Crippen LogP contribution >= 0.6 is 34.5 Å². The summed E-state index contributed by atoms with van der Waals surface area (Å²) >= 11 is 14.0. The second-order valence-electron chi connectivity index (χ2n) is 4.49. The van der Waals surface area contributed by atoms with Crippen LogP contribution in [0, 0.1) is 0 Å². The molecule has 1 aromatic rings. The van der Waals surface area contributed by atoms with Gasteiger partial charge in [0, 0.05) is 22.8 Å². The van der Waals surface area contributed by atoms with Crippen LogP contribution in [0.2, 0.25) is 4.34 Å². The summed E-state index contributed by atoms with van der Waals surface area (Å²) in [5.41, 5.74) is 0. The standard InChI is InChI=1S/C12H17Cl2NS/c1-15(8-9-6-7-12(14)16-9)11-5-3-2-4-10(11)13/h6-7,10-11H,2-5,8H2,1H3. The highest BCUT2D eigenvalue weighted by molar-refractivity contribution is 7.16. The summed E-state index contributed by atoms with van der Waals surface area (Å²) < 4.78 is 0.870. The Balaban J connectivity index is 1.93. The Kier molecular flexibility index (Phi) is 4.54. The van der Waals surface area contributed by atoms with Crippen molar-refractivity contribution in [2.24, 2.45) is 0 Å². The van der Waals surface area contributed by atoms with E-state index in [0.29, 0.717) is 11.4 Å². The molecule has 2 atom stereocenters. The molecular formula is C12H17Cl2NS. The Bertz CT molecular complexity index is 340. The zero-order chi connectivity index (χ0) is 11.5. The third-order valence-corrected chi connectivity index (χ3v) is 4.97. The van der Waals surface area contributed by atoms with Gasteiger partial charge < -0.3 is 0 Å². The number of nitrogens with zero attached hydrogens (tertiary/aromatic N) is 1. The molecule has 1 nitrogen and oxygen atoms in total. The van der Waals surface area contributed by atoms with Gasteiger partial charge >= 0.3 is 0 Å². The third kappa shape index (κ3) is 3.13. The first kappa shape index (κ1) is 12.7. The molecule has 0 radical (unpaired) electrons. The van der Waals surface area contributed by atoms with E-state index in [2.05, 4.69) is 18.0 Å². The lowest BCUT2D eigenvalue weighted by Gasteiger charge is -2.34. The van der Waals surface area contributed by atoms with Crippen molar-refractivity contribution >= 4 is 34.5 Å². The van der Waals surface area contributed by atoms with Gasteiger partial charge in [-0.25, -0.2) is 0 Å². The van der Waals surface area contributed by atoms with Crippen molar-refractivity contribution in [1.29, 1.82) is 0 Å². The molecule has 16 heavy (non-hydrogen) atoms. The van der Waals surface area contributed by atoms with Gasteiger partial charge in [-0.2, -0.15) is 0 Å². The van der Waals surface area contributed by atoms with Crippen LogP contribution in [-0.4, -0.2) is 23.4 Å². The summed E-state index contributed by atoms with van der Waals surface area (Å²) in [6.07, 6.45) is 4.97. The van der Waals surface area contributed by atoms with Crippen LogP contribution in [-0.2, 0) is 6.54 Å². The summed E-state index contributed by atoms with van der Waals surface area (Å²) in [5, 5.41) is 0.314. The topological polar surface area (TPSA) is 3.24 Å². The molecular weight excluding hydrogens is 261 g/mol. The third-order valence-electron chi connectivity index (χ3n) is 3.25. The Labute approximate surface area is 111 Å². The molecule has 0 N–H and O–H groups in total. The van der Waals surface area contributed by atoms with E-state index in [4.69, 9.17) is 23.2 Å². The molecule has 0 aromatic carbocycles. The largest absolute Gasteiger partial charge is 0.297 e. The molecule has 0 amide bonds. The average Bonchev–Trinajstić information content (AvgIpc) is 2.64. The van der Waals surface area contributed by atoms with Gasteiger partial charge in [0.25, 0.3) is 0 Å². The maximum absolute atomic E-state index is 6.38. The predicted molar refractivity (Wildman–Crippen MR) is 72.7 cm³/mol. The van der Waals surface area contributed by atoms with Crippen LogP contribution in [0.5, 0.6) is 0 Å². The Morgan fingerprint density at radius 1 is 1.38 bits per heavy atom. The van der Waals surface area contributed by atoms with E-state index in [1.54, 1.807) is 11.3 Å². The maximum Gasteiger partial charge on any atom is 0.0931 e. The normalized spacial score (nSPS) is 26.2. The first-order chi connectivity index (χ1) is 7.66. The van der Waals surface area contributed by atoms with E-state index in [1.165, 1.54) is 24.1 Å². The lowest BCUT2D eigenvalue weighted by Crippen LogP contribution is -2.40. The molecule has 1 heterocycles. The minimum absolute atomic E-state index is 0.314. The summed E-state index contributed by atoms with van der Waals surface area (Å²) in [4.78, 5) is 3.70. The SMILES string of the molecule is CN(Cc1ccc(Cl)s1)C1CCCCC1Cl. The van der Waals surface area contributed by atoms with Crippen LogP contribution in [0.25, 0.3) is 0 Å². The molecule has 1 fully saturated rings. The van der Waals surface area contributed by atoms with Crippen molar-refractivity contribution in [1.82, 2.24) is 4.90 Å². The second-order valence-corrected chi connectivity index (χ2v) is 6.85. The lowest BCUT2D eigenvalue weighted by atomic mass is 9.94. The van der Waals surface area contributed by atoms with Gasteiger partial charge in [0.2, 0.25) is 0 Å². The molecule has 90 valence electrons. The smallest absolute Gasteiger partial charge is 0.0931 e. The molecule has 2 unspecified atom stereocenters. The maximum atomic E-state index is 6.38. The molecule has 0 aliphatic heterocycles. The average molecular weight is 278 g/mol. The Morgan fingerprint density at radius 3 is 2.75 bits per heavy atom. The van der Waals surface area contributed by atoms with Gasteiger partial charge in [0.15, 0.2) is 0 Å². The highest BCUT2D eigenvalue weighted by Gasteiger charge is 2.26. The molecule has 1 saturated carbocycles. The van der Waals surface area contributed by atoms with Crippen molar-refractivity contribution in [3.05, 3.63) is 21.3 Å². The predicted octanol–water partition coefficient (Wildman–Crippen LogP) is 4.38. The fraction of sp³-hybridized carbons (Fsp3) is 0.667. The van der Waals surface area contributed by atoms with Crippen LogP contribution in [0.1, 0.15) is 30.6 Å². The van der Waals surface area contributed by atoms with Gasteiger partial charge in [-0.15, -0.1) is 22.9 Å². The highest BCUT2D eigenvalue weighted by atomic mass is 35.5. The summed E-state index contributed by atoms with van der Waals surface area (Å²) in [6.45, 7) is 0.964. The molecule has 2 rings (SSSR count). The molecule has 1 aliphatic rings. The van der Waals surface area contributed by atoms with Crippen LogP contribution in [0.15, 0.2) is 12.1 Å². The Hall–Kier alpha value is 0.240. The molecule has 1 aliphatic carbocycles. The molecule has 1 aromatic heterocycles. The van der Waals surface area contributed by atoms with Crippen LogP contribution in [0.3, 0.4) is 0 Å². The molecule has 0 bridgehead atoms. The number of alkyl halides is 1. The molecule has 0 saturated heterocycles. The molecule has 4 heteroatoms. The zero-order valence-electron chi connectivity index (χ0n) is 9.46. The summed E-state index contributed by atoms with van der Waals surface area (Å²) in [7, 11) is 2.17. The summed E-state index contributed by atoms with van der Waals surface area (Å²) in [6, 6.07) is 4.60. The van der Waals surface area contributed by atoms with Crippen LogP contribution in [0.4, 0.5) is 0 Å². The van der Waals surface area contributed by atoms with E-state index < -0.39 is 0 Å². The number of hydrogen-bond donors (Lipinski definition) is 0. The quantitative estimate of drug-likeness (QED) is 0.741. The van der Waals surface area contributed by atoms with E-state index in [-0.39, 0.29) is 0 Å². The van der Waals surface area contributed by atoms with Crippen LogP contribution < -0.4 is 0 Å². The minimum atomic E-state index is 0.314. The second kappa shape index (κ2) is 5.72. The number of hydrogen-bond acceptors (Lipinski definition) is 2. The first-order valence-electron chi connectivity index (χ1n) is 5.75.